The zero-order valence-electron chi connectivity index (χ0n) is 11.6. The second-order valence-corrected chi connectivity index (χ2v) is 6.21. The van der Waals surface area contributed by atoms with E-state index in [0.717, 1.165) is 47.7 Å². The maximum Gasteiger partial charge on any atom is 0.134 e. The first-order valence-electron chi connectivity index (χ1n) is 7.02. The van der Waals surface area contributed by atoms with Gasteiger partial charge in [-0.15, -0.1) is 0 Å². The highest BCUT2D eigenvalue weighted by Gasteiger charge is 2.19. The molecule has 0 spiro atoms. The summed E-state index contributed by atoms with van der Waals surface area (Å²) >= 11 is 3.45. The summed E-state index contributed by atoms with van der Waals surface area (Å²) in [5.41, 5.74) is 1.12. The highest BCUT2D eigenvalue weighted by molar-refractivity contribution is 9.10. The number of piperazine rings is 1. The number of hydrogen-bond donors (Lipinski definition) is 1. The van der Waals surface area contributed by atoms with Crippen LogP contribution in [-0.4, -0.2) is 30.6 Å². The standard InChI is InChI=1S/C16H19BrN2O/c1-12-10-18-8-9-19(12)11-15-6-7-16(20-15)13-2-4-14(17)5-3-13/h2-7,12,18H,8-11H2,1H3/t12-/m1/s1. The minimum Gasteiger partial charge on any atom is -0.460 e. The van der Waals surface area contributed by atoms with E-state index in [0.29, 0.717) is 6.04 Å². The quantitative estimate of drug-likeness (QED) is 0.931. The van der Waals surface area contributed by atoms with E-state index in [2.05, 4.69) is 57.3 Å². The van der Waals surface area contributed by atoms with Gasteiger partial charge in [-0.2, -0.15) is 0 Å². The Bertz CT molecular complexity index is 564. The van der Waals surface area contributed by atoms with Crippen molar-refractivity contribution in [1.82, 2.24) is 10.2 Å². The van der Waals surface area contributed by atoms with E-state index >= 15 is 0 Å². The fourth-order valence-corrected chi connectivity index (χ4v) is 2.81. The summed E-state index contributed by atoms with van der Waals surface area (Å²) in [5, 5.41) is 3.41. The molecule has 2 aromatic rings. The predicted molar refractivity (Wildman–Crippen MR) is 84.6 cm³/mol. The van der Waals surface area contributed by atoms with Crippen LogP contribution in [0.15, 0.2) is 45.3 Å². The first-order valence-corrected chi connectivity index (χ1v) is 7.81. The summed E-state index contributed by atoms with van der Waals surface area (Å²) in [6.45, 7) is 6.34. The van der Waals surface area contributed by atoms with Gasteiger partial charge in [-0.3, -0.25) is 4.90 Å². The number of rotatable bonds is 3. The molecule has 20 heavy (non-hydrogen) atoms. The second kappa shape index (κ2) is 6.12. The normalized spacial score (nSPS) is 20.2. The molecule has 0 amide bonds. The molecule has 1 aromatic heterocycles. The minimum absolute atomic E-state index is 0.560. The van der Waals surface area contributed by atoms with Crippen LogP contribution in [0.3, 0.4) is 0 Å². The SMILES string of the molecule is C[C@@H]1CNCCN1Cc1ccc(-c2ccc(Br)cc2)o1. The maximum absolute atomic E-state index is 5.98. The van der Waals surface area contributed by atoms with Crippen LogP contribution in [0.4, 0.5) is 0 Å². The maximum atomic E-state index is 5.98. The van der Waals surface area contributed by atoms with Gasteiger partial charge >= 0.3 is 0 Å². The van der Waals surface area contributed by atoms with Crippen LogP contribution < -0.4 is 5.32 Å². The van der Waals surface area contributed by atoms with Gasteiger partial charge in [0.15, 0.2) is 0 Å². The van der Waals surface area contributed by atoms with Crippen molar-refractivity contribution < 1.29 is 4.42 Å². The average Bonchev–Trinajstić information content (AvgIpc) is 2.91. The monoisotopic (exact) mass is 334 g/mol. The molecule has 0 unspecified atom stereocenters. The lowest BCUT2D eigenvalue weighted by molar-refractivity contribution is 0.154. The molecule has 1 aromatic carbocycles. The van der Waals surface area contributed by atoms with Crippen LogP contribution in [0.25, 0.3) is 11.3 Å². The summed E-state index contributed by atoms with van der Waals surface area (Å²) < 4.78 is 7.07. The first-order chi connectivity index (χ1) is 9.72. The molecular formula is C16H19BrN2O. The fourth-order valence-electron chi connectivity index (χ4n) is 2.55. The van der Waals surface area contributed by atoms with Gasteiger partial charge < -0.3 is 9.73 Å². The molecule has 1 atom stereocenters. The van der Waals surface area contributed by atoms with Crippen LogP contribution in [-0.2, 0) is 6.54 Å². The highest BCUT2D eigenvalue weighted by Crippen LogP contribution is 2.25. The number of hydrogen-bond acceptors (Lipinski definition) is 3. The van der Waals surface area contributed by atoms with Gasteiger partial charge in [-0.1, -0.05) is 28.1 Å². The molecule has 0 saturated carbocycles. The van der Waals surface area contributed by atoms with E-state index in [-0.39, 0.29) is 0 Å². The van der Waals surface area contributed by atoms with E-state index in [9.17, 15) is 0 Å². The van der Waals surface area contributed by atoms with Crippen molar-refractivity contribution >= 4 is 15.9 Å². The Labute approximate surface area is 128 Å². The van der Waals surface area contributed by atoms with E-state index in [1.165, 1.54) is 0 Å². The highest BCUT2D eigenvalue weighted by atomic mass is 79.9. The molecule has 3 rings (SSSR count). The molecule has 1 N–H and O–H groups in total. The van der Waals surface area contributed by atoms with E-state index in [1.807, 2.05) is 12.1 Å². The van der Waals surface area contributed by atoms with Crippen LogP contribution in [0.2, 0.25) is 0 Å². The van der Waals surface area contributed by atoms with Gasteiger partial charge in [0.1, 0.15) is 11.5 Å². The van der Waals surface area contributed by atoms with Crippen molar-refractivity contribution in [3.8, 4) is 11.3 Å². The predicted octanol–water partition coefficient (Wildman–Crippen LogP) is 3.50. The molecule has 4 heteroatoms. The zero-order chi connectivity index (χ0) is 13.9. The largest absolute Gasteiger partial charge is 0.460 e. The first kappa shape index (κ1) is 13.9. The zero-order valence-corrected chi connectivity index (χ0v) is 13.2. The third-order valence-corrected chi connectivity index (χ3v) is 4.32. The third kappa shape index (κ3) is 3.14. The molecular weight excluding hydrogens is 316 g/mol. The number of halogens is 1. The Morgan fingerprint density at radius 2 is 2.05 bits per heavy atom. The molecule has 106 valence electrons. The van der Waals surface area contributed by atoms with Crippen molar-refractivity contribution in [1.29, 1.82) is 0 Å². The summed E-state index contributed by atoms with van der Waals surface area (Å²) in [6, 6.07) is 12.9. The second-order valence-electron chi connectivity index (χ2n) is 5.30. The summed E-state index contributed by atoms with van der Waals surface area (Å²) in [5.74, 6) is 1.98. The van der Waals surface area contributed by atoms with Crippen molar-refractivity contribution in [3.05, 3.63) is 46.6 Å². The molecule has 0 bridgehead atoms. The Kier molecular flexibility index (Phi) is 4.24. The number of benzene rings is 1. The van der Waals surface area contributed by atoms with Gasteiger partial charge in [0.25, 0.3) is 0 Å². The van der Waals surface area contributed by atoms with Crippen LogP contribution in [0.1, 0.15) is 12.7 Å². The van der Waals surface area contributed by atoms with Gasteiger partial charge in [0, 0.05) is 35.7 Å². The molecule has 1 fully saturated rings. The van der Waals surface area contributed by atoms with Crippen molar-refractivity contribution in [2.75, 3.05) is 19.6 Å². The summed E-state index contributed by atoms with van der Waals surface area (Å²) in [7, 11) is 0. The topological polar surface area (TPSA) is 28.4 Å². The van der Waals surface area contributed by atoms with Crippen molar-refractivity contribution in [3.63, 3.8) is 0 Å². The molecule has 2 heterocycles. The molecule has 0 aliphatic carbocycles. The van der Waals surface area contributed by atoms with Crippen LogP contribution in [0.5, 0.6) is 0 Å². The molecule has 1 saturated heterocycles. The van der Waals surface area contributed by atoms with Crippen molar-refractivity contribution in [2.24, 2.45) is 0 Å². The fraction of sp³-hybridized carbons (Fsp3) is 0.375. The third-order valence-electron chi connectivity index (χ3n) is 3.79. The smallest absolute Gasteiger partial charge is 0.134 e. The lowest BCUT2D eigenvalue weighted by Crippen LogP contribution is -2.49. The van der Waals surface area contributed by atoms with Gasteiger partial charge in [0.05, 0.1) is 6.54 Å². The number of nitrogens with zero attached hydrogens (tertiary/aromatic N) is 1. The summed E-state index contributed by atoms with van der Waals surface area (Å²) in [4.78, 5) is 2.46. The van der Waals surface area contributed by atoms with E-state index in [4.69, 9.17) is 4.42 Å². The van der Waals surface area contributed by atoms with E-state index in [1.54, 1.807) is 0 Å². The summed E-state index contributed by atoms with van der Waals surface area (Å²) in [6.07, 6.45) is 0. The van der Waals surface area contributed by atoms with Gasteiger partial charge in [-0.25, -0.2) is 0 Å². The van der Waals surface area contributed by atoms with Crippen molar-refractivity contribution in [2.45, 2.75) is 19.5 Å². The van der Waals surface area contributed by atoms with E-state index < -0.39 is 0 Å². The average molecular weight is 335 g/mol. The number of furan rings is 1. The molecule has 0 radical (unpaired) electrons. The molecule has 1 aliphatic heterocycles. The molecule has 1 aliphatic rings. The Hall–Kier alpha value is -1.10. The minimum atomic E-state index is 0.560. The molecule has 3 nitrogen and oxygen atoms in total. The van der Waals surface area contributed by atoms with Gasteiger partial charge in [0.2, 0.25) is 0 Å². The Morgan fingerprint density at radius 1 is 1.25 bits per heavy atom. The Balaban J connectivity index is 1.71. The number of nitrogens with one attached hydrogen (secondary N) is 1. The van der Waals surface area contributed by atoms with Gasteiger partial charge in [-0.05, 0) is 31.2 Å². The van der Waals surface area contributed by atoms with Crippen LogP contribution in [0, 0.1) is 0 Å². The van der Waals surface area contributed by atoms with Crippen LogP contribution >= 0.6 is 15.9 Å². The lowest BCUT2D eigenvalue weighted by atomic mass is 10.2. The lowest BCUT2D eigenvalue weighted by Gasteiger charge is -2.33. The Morgan fingerprint density at radius 3 is 2.80 bits per heavy atom.